The third kappa shape index (κ3) is 4.87. The predicted octanol–water partition coefficient (Wildman–Crippen LogP) is 4.47. The van der Waals surface area contributed by atoms with Gasteiger partial charge in [0.15, 0.2) is 0 Å². The van der Waals surface area contributed by atoms with Gasteiger partial charge in [0.2, 0.25) is 5.91 Å². The number of nitrogens with one attached hydrogen (secondary N) is 1. The number of amides is 1. The third-order valence-electron chi connectivity index (χ3n) is 4.93. The molecule has 2 aromatic carbocycles. The highest BCUT2D eigenvalue weighted by atomic mass is 35.5. The highest BCUT2D eigenvalue weighted by Crippen LogP contribution is 2.44. The zero-order valence-electron chi connectivity index (χ0n) is 15.4. The number of carbonyl (C=O) groups excluding carboxylic acids is 1. The number of hydrogen-bond acceptors (Lipinski definition) is 3. The van der Waals surface area contributed by atoms with E-state index in [-0.39, 0.29) is 29.8 Å². The van der Waals surface area contributed by atoms with Gasteiger partial charge >= 0.3 is 0 Å². The molecule has 0 aliphatic carbocycles. The molecule has 0 bridgehead atoms. The lowest BCUT2D eigenvalue weighted by Crippen LogP contribution is -2.51. The maximum atomic E-state index is 14.5. The molecule has 1 amide bonds. The van der Waals surface area contributed by atoms with Crippen LogP contribution in [-0.2, 0) is 9.53 Å². The number of halogens is 3. The molecule has 0 saturated carbocycles. The van der Waals surface area contributed by atoms with Gasteiger partial charge in [-0.05, 0) is 36.8 Å². The van der Waals surface area contributed by atoms with E-state index in [0.29, 0.717) is 18.4 Å². The summed E-state index contributed by atoms with van der Waals surface area (Å²) >= 11 is 5.86. The van der Waals surface area contributed by atoms with Crippen molar-refractivity contribution < 1.29 is 23.4 Å². The van der Waals surface area contributed by atoms with Crippen molar-refractivity contribution in [3.63, 3.8) is 0 Å². The Bertz CT molecular complexity index is 846. The minimum Gasteiger partial charge on any atom is -0.396 e. The lowest BCUT2D eigenvalue weighted by atomic mass is 9.81. The number of aliphatic hydroxyl groups is 1. The summed E-state index contributed by atoms with van der Waals surface area (Å²) in [5.74, 6) is -1.14. The Kier molecular flexibility index (Phi) is 6.33. The maximum absolute atomic E-state index is 14.5. The second-order valence-corrected chi connectivity index (χ2v) is 7.76. The first-order chi connectivity index (χ1) is 13.3. The molecule has 0 aromatic heterocycles. The Morgan fingerprint density at radius 1 is 1.21 bits per heavy atom. The summed E-state index contributed by atoms with van der Waals surface area (Å²) in [4.78, 5) is 12.1. The summed E-state index contributed by atoms with van der Waals surface area (Å²) < 4.78 is 34.0. The summed E-state index contributed by atoms with van der Waals surface area (Å²) in [5, 5.41) is 12.2. The fourth-order valence-corrected chi connectivity index (χ4v) is 3.78. The highest BCUT2D eigenvalue weighted by Gasteiger charge is 2.41. The van der Waals surface area contributed by atoms with Crippen LogP contribution in [0.4, 0.5) is 8.78 Å². The van der Waals surface area contributed by atoms with Crippen molar-refractivity contribution in [1.29, 1.82) is 0 Å². The molecular weight excluding hydrogens is 388 g/mol. The summed E-state index contributed by atoms with van der Waals surface area (Å²) in [6.07, 6.45) is -0.325. The first kappa shape index (κ1) is 20.7. The lowest BCUT2D eigenvalue weighted by molar-refractivity contribution is -0.129. The van der Waals surface area contributed by atoms with Crippen LogP contribution in [0, 0.1) is 11.6 Å². The standard InChI is InChI=1S/C21H22ClF2NO3/c1-21(25-20(27)8-9-26)11-18(13-2-5-15(23)6-3-13)28-19(12-21)16-7-4-14(22)10-17(16)24/h2-7,10,18-19,26H,8-9,11-12H2,1H3,(H,25,27)/t18-,19+,21+/m0/s1. The molecule has 2 N–H and O–H groups in total. The van der Waals surface area contributed by atoms with Gasteiger partial charge in [-0.2, -0.15) is 0 Å². The van der Waals surface area contributed by atoms with E-state index in [1.54, 1.807) is 24.3 Å². The Balaban J connectivity index is 1.93. The SMILES string of the molecule is C[C@@]1(NC(=O)CCO)C[C@@H](c2ccc(F)cc2)O[C@@H](c2ccc(Cl)cc2F)C1. The zero-order valence-corrected chi connectivity index (χ0v) is 16.2. The van der Waals surface area contributed by atoms with E-state index < -0.39 is 23.6 Å². The molecule has 1 heterocycles. The monoisotopic (exact) mass is 409 g/mol. The lowest BCUT2D eigenvalue weighted by Gasteiger charge is -2.43. The Hall–Kier alpha value is -2.02. The molecule has 1 aliphatic rings. The molecule has 0 unspecified atom stereocenters. The molecule has 1 fully saturated rings. The smallest absolute Gasteiger partial charge is 0.222 e. The molecule has 0 spiro atoms. The number of carbonyl (C=O) groups is 1. The maximum Gasteiger partial charge on any atom is 0.222 e. The van der Waals surface area contributed by atoms with Gasteiger partial charge in [-0.15, -0.1) is 0 Å². The van der Waals surface area contributed by atoms with Gasteiger partial charge in [0.1, 0.15) is 11.6 Å². The Morgan fingerprint density at radius 2 is 1.89 bits per heavy atom. The van der Waals surface area contributed by atoms with Crippen LogP contribution in [0.15, 0.2) is 42.5 Å². The topological polar surface area (TPSA) is 58.6 Å². The van der Waals surface area contributed by atoms with Crippen LogP contribution in [0.3, 0.4) is 0 Å². The fraction of sp³-hybridized carbons (Fsp3) is 0.381. The van der Waals surface area contributed by atoms with Gasteiger partial charge in [0.25, 0.3) is 0 Å². The van der Waals surface area contributed by atoms with Gasteiger partial charge in [-0.25, -0.2) is 8.78 Å². The minimum absolute atomic E-state index is 0.0162. The van der Waals surface area contributed by atoms with Crippen molar-refractivity contribution in [2.24, 2.45) is 0 Å². The van der Waals surface area contributed by atoms with Crippen molar-refractivity contribution in [3.8, 4) is 0 Å². The number of ether oxygens (including phenoxy) is 1. The van der Waals surface area contributed by atoms with E-state index >= 15 is 0 Å². The number of rotatable bonds is 5. The van der Waals surface area contributed by atoms with Crippen molar-refractivity contribution in [2.45, 2.75) is 43.9 Å². The van der Waals surface area contributed by atoms with Crippen LogP contribution in [-0.4, -0.2) is 23.2 Å². The highest BCUT2D eigenvalue weighted by molar-refractivity contribution is 6.30. The molecule has 1 saturated heterocycles. The largest absolute Gasteiger partial charge is 0.396 e. The van der Waals surface area contributed by atoms with Crippen molar-refractivity contribution in [1.82, 2.24) is 5.32 Å². The van der Waals surface area contributed by atoms with E-state index in [2.05, 4.69) is 5.32 Å². The summed E-state index contributed by atoms with van der Waals surface area (Å²) in [6, 6.07) is 10.3. The van der Waals surface area contributed by atoms with Crippen LogP contribution >= 0.6 is 11.6 Å². The first-order valence-corrected chi connectivity index (χ1v) is 9.45. The summed E-state index contributed by atoms with van der Waals surface area (Å²) in [6.45, 7) is 1.61. The van der Waals surface area contributed by atoms with Crippen molar-refractivity contribution in [2.75, 3.05) is 6.61 Å². The summed E-state index contributed by atoms with van der Waals surface area (Å²) in [7, 11) is 0. The normalized spacial score (nSPS) is 24.8. The van der Waals surface area contributed by atoms with Crippen LogP contribution in [0.1, 0.15) is 49.5 Å². The van der Waals surface area contributed by atoms with Gasteiger partial charge in [-0.3, -0.25) is 4.79 Å². The number of aliphatic hydroxyl groups excluding tert-OH is 1. The van der Waals surface area contributed by atoms with Crippen LogP contribution in [0.5, 0.6) is 0 Å². The van der Waals surface area contributed by atoms with Gasteiger partial charge in [-0.1, -0.05) is 29.8 Å². The zero-order chi connectivity index (χ0) is 20.3. The quantitative estimate of drug-likeness (QED) is 0.766. The van der Waals surface area contributed by atoms with Gasteiger partial charge < -0.3 is 15.2 Å². The Labute approximate surface area is 167 Å². The van der Waals surface area contributed by atoms with Gasteiger partial charge in [0.05, 0.1) is 18.8 Å². The average molecular weight is 410 g/mol. The molecule has 3 atom stereocenters. The molecule has 0 radical (unpaired) electrons. The molecule has 28 heavy (non-hydrogen) atoms. The molecule has 4 nitrogen and oxygen atoms in total. The first-order valence-electron chi connectivity index (χ1n) is 9.07. The molecule has 150 valence electrons. The van der Waals surface area contributed by atoms with Crippen molar-refractivity contribution in [3.05, 3.63) is 70.2 Å². The van der Waals surface area contributed by atoms with E-state index in [0.717, 1.165) is 5.56 Å². The Morgan fingerprint density at radius 3 is 2.54 bits per heavy atom. The fourth-order valence-electron chi connectivity index (χ4n) is 3.62. The average Bonchev–Trinajstić information content (AvgIpc) is 2.61. The van der Waals surface area contributed by atoms with Crippen LogP contribution < -0.4 is 5.32 Å². The van der Waals surface area contributed by atoms with E-state index in [4.69, 9.17) is 21.4 Å². The molecule has 2 aromatic rings. The molecule has 7 heteroatoms. The minimum atomic E-state index is -0.694. The van der Waals surface area contributed by atoms with E-state index in [1.165, 1.54) is 18.2 Å². The molecule has 1 aliphatic heterocycles. The predicted molar refractivity (Wildman–Crippen MR) is 102 cm³/mol. The number of benzene rings is 2. The molecular formula is C21H22ClF2NO3. The van der Waals surface area contributed by atoms with E-state index in [9.17, 15) is 13.6 Å². The molecule has 3 rings (SSSR count). The van der Waals surface area contributed by atoms with E-state index in [1.807, 2.05) is 6.92 Å². The second kappa shape index (κ2) is 8.55. The number of hydrogen-bond donors (Lipinski definition) is 2. The third-order valence-corrected chi connectivity index (χ3v) is 5.17. The summed E-state index contributed by atoms with van der Waals surface area (Å²) in [5.41, 5.74) is 0.391. The van der Waals surface area contributed by atoms with Crippen molar-refractivity contribution >= 4 is 17.5 Å². The van der Waals surface area contributed by atoms with Gasteiger partial charge in [0, 0.05) is 35.4 Å². The van der Waals surface area contributed by atoms with Crippen LogP contribution in [0.25, 0.3) is 0 Å². The second-order valence-electron chi connectivity index (χ2n) is 7.32. The van der Waals surface area contributed by atoms with Crippen LogP contribution in [0.2, 0.25) is 5.02 Å².